The Bertz CT molecular complexity index is 1950. The molecule has 0 radical (unpaired) electrons. The molecule has 6 N–H and O–H groups in total. The van der Waals surface area contributed by atoms with Crippen LogP contribution in [0.5, 0.6) is 5.75 Å². The molecule has 1 atom stereocenters. The molecule has 0 saturated carbocycles. The third-order valence-corrected chi connectivity index (χ3v) is 8.15. The Hall–Kier alpha value is -4.86. The van der Waals surface area contributed by atoms with Crippen molar-refractivity contribution in [3.8, 4) is 5.75 Å². The second kappa shape index (κ2) is 10.5. The van der Waals surface area contributed by atoms with E-state index in [0.29, 0.717) is 31.7 Å². The second-order valence-corrected chi connectivity index (χ2v) is 11.0. The van der Waals surface area contributed by atoms with Crippen LogP contribution in [0.25, 0.3) is 21.8 Å². The quantitative estimate of drug-likeness (QED) is 0.181. The van der Waals surface area contributed by atoms with Gasteiger partial charge in [0, 0.05) is 71.2 Å². The van der Waals surface area contributed by atoms with Gasteiger partial charge in [-0.3, -0.25) is 4.79 Å². The van der Waals surface area contributed by atoms with E-state index in [4.69, 9.17) is 5.73 Å². The second-order valence-electron chi connectivity index (χ2n) is 11.0. The molecule has 0 bridgehead atoms. The Morgan fingerprint density at radius 2 is 1.93 bits per heavy atom. The largest absolute Gasteiger partial charge is 0.508 e. The van der Waals surface area contributed by atoms with E-state index in [9.17, 15) is 9.90 Å². The number of rotatable bonds is 9. The number of aryl methyl sites for hydroxylation is 1. The van der Waals surface area contributed by atoms with Crippen molar-refractivity contribution in [2.45, 2.75) is 32.1 Å². The molecule has 3 aromatic heterocycles. The SMILES string of the molecule is Cn1cnc(Cn2cc(CCN)c3ccc(CNCc4[nH]c5ccccc5c4[C@@H]4NC(=O)c5ccc(O)cc54)cc32)c1. The predicted octanol–water partition coefficient (Wildman–Crippen LogP) is 4.23. The number of phenols is 1. The highest BCUT2D eigenvalue weighted by Gasteiger charge is 2.33. The highest BCUT2D eigenvalue weighted by Crippen LogP contribution is 2.38. The van der Waals surface area contributed by atoms with Crippen molar-refractivity contribution in [3.05, 3.63) is 119 Å². The van der Waals surface area contributed by atoms with Crippen LogP contribution in [0.15, 0.2) is 79.4 Å². The van der Waals surface area contributed by atoms with Gasteiger partial charge in [-0.1, -0.05) is 30.3 Å². The van der Waals surface area contributed by atoms with Crippen molar-refractivity contribution < 1.29 is 9.90 Å². The van der Waals surface area contributed by atoms with Gasteiger partial charge < -0.3 is 35.6 Å². The maximum Gasteiger partial charge on any atom is 0.252 e. The van der Waals surface area contributed by atoms with Crippen molar-refractivity contribution in [2.24, 2.45) is 12.8 Å². The van der Waals surface area contributed by atoms with Crippen LogP contribution in [0.2, 0.25) is 0 Å². The van der Waals surface area contributed by atoms with Gasteiger partial charge in [-0.25, -0.2) is 4.98 Å². The Labute approximate surface area is 243 Å². The fourth-order valence-electron chi connectivity index (χ4n) is 6.26. The first-order valence-electron chi connectivity index (χ1n) is 14.2. The Kier molecular flexibility index (Phi) is 6.53. The molecule has 0 spiro atoms. The Balaban J connectivity index is 1.17. The van der Waals surface area contributed by atoms with E-state index in [2.05, 4.69) is 55.6 Å². The summed E-state index contributed by atoms with van der Waals surface area (Å²) < 4.78 is 4.23. The molecular weight excluding hydrogens is 526 g/mol. The van der Waals surface area contributed by atoms with Crippen molar-refractivity contribution in [2.75, 3.05) is 6.54 Å². The minimum Gasteiger partial charge on any atom is -0.508 e. The number of aromatic amines is 1. The molecule has 0 saturated heterocycles. The van der Waals surface area contributed by atoms with Crippen LogP contribution in [0.4, 0.5) is 0 Å². The van der Waals surface area contributed by atoms with Crippen LogP contribution in [-0.2, 0) is 33.1 Å². The molecule has 1 aliphatic heterocycles. The first-order chi connectivity index (χ1) is 20.5. The average Bonchev–Trinajstić information content (AvgIpc) is 3.73. The van der Waals surface area contributed by atoms with E-state index in [1.54, 1.807) is 18.2 Å². The van der Waals surface area contributed by atoms with Crippen LogP contribution in [0.3, 0.4) is 0 Å². The van der Waals surface area contributed by atoms with E-state index in [0.717, 1.165) is 39.8 Å². The Morgan fingerprint density at radius 1 is 1.05 bits per heavy atom. The zero-order valence-corrected chi connectivity index (χ0v) is 23.4. The maximum absolute atomic E-state index is 12.8. The first-order valence-corrected chi connectivity index (χ1v) is 14.2. The summed E-state index contributed by atoms with van der Waals surface area (Å²) in [6.07, 6.45) is 6.90. The molecule has 9 heteroatoms. The van der Waals surface area contributed by atoms with Gasteiger partial charge in [-0.05, 0) is 60.0 Å². The molecule has 7 rings (SSSR count). The molecule has 6 aromatic rings. The van der Waals surface area contributed by atoms with Gasteiger partial charge in [0.2, 0.25) is 0 Å². The average molecular weight is 560 g/mol. The van der Waals surface area contributed by atoms with Crippen LogP contribution < -0.4 is 16.4 Å². The van der Waals surface area contributed by atoms with Crippen molar-refractivity contribution >= 4 is 27.7 Å². The number of hydrogen-bond donors (Lipinski definition) is 5. The van der Waals surface area contributed by atoms with Gasteiger partial charge in [0.25, 0.3) is 5.91 Å². The number of carbonyl (C=O) groups is 1. The van der Waals surface area contributed by atoms with Crippen molar-refractivity contribution in [1.29, 1.82) is 0 Å². The number of fused-ring (bicyclic) bond motifs is 3. The number of aromatic hydroxyl groups is 1. The zero-order valence-electron chi connectivity index (χ0n) is 23.4. The number of H-pyrrole nitrogens is 1. The minimum atomic E-state index is -0.347. The summed E-state index contributed by atoms with van der Waals surface area (Å²) in [5.41, 5.74) is 14.9. The number of carbonyl (C=O) groups excluding carboxylic acids is 1. The standard InChI is InChI=1S/C33H33N7O2/c1-39-17-22(36-19-39)18-40-16-21(10-11-34)24-8-6-20(12-30(24)40)14-35-15-29-31(26-4-2-3-5-28(26)37-29)32-27-13-23(41)7-9-25(27)33(42)38-32/h2-9,12-13,16-17,19,32,35,37,41H,10-11,14-15,18,34H2,1H3,(H,38,42)/t32-/m1/s1. The molecule has 9 nitrogen and oxygen atoms in total. The van der Waals surface area contributed by atoms with Gasteiger partial charge in [-0.15, -0.1) is 0 Å². The molecule has 4 heterocycles. The highest BCUT2D eigenvalue weighted by atomic mass is 16.3. The monoisotopic (exact) mass is 559 g/mol. The fraction of sp³-hybridized carbons (Fsp3) is 0.212. The fourth-order valence-corrected chi connectivity index (χ4v) is 6.26. The predicted molar refractivity (Wildman–Crippen MR) is 163 cm³/mol. The summed E-state index contributed by atoms with van der Waals surface area (Å²) in [5, 5.41) is 19.2. The minimum absolute atomic E-state index is 0.129. The molecule has 0 fully saturated rings. The number of amides is 1. The summed E-state index contributed by atoms with van der Waals surface area (Å²) >= 11 is 0. The number of nitrogens with zero attached hydrogens (tertiary/aromatic N) is 3. The molecule has 1 amide bonds. The van der Waals surface area contributed by atoms with Crippen molar-refractivity contribution in [3.63, 3.8) is 0 Å². The number of nitrogens with two attached hydrogens (primary N) is 1. The summed E-state index contributed by atoms with van der Waals surface area (Å²) in [7, 11) is 1.98. The molecule has 0 aliphatic carbocycles. The lowest BCUT2D eigenvalue weighted by Crippen LogP contribution is -2.22. The lowest BCUT2D eigenvalue weighted by molar-refractivity contribution is 0.0960. The number of aromatic nitrogens is 4. The summed E-state index contributed by atoms with van der Waals surface area (Å²) in [6.45, 7) is 2.54. The Morgan fingerprint density at radius 3 is 2.76 bits per heavy atom. The first kappa shape index (κ1) is 26.1. The lowest BCUT2D eigenvalue weighted by Gasteiger charge is -2.15. The zero-order chi connectivity index (χ0) is 28.8. The molecule has 212 valence electrons. The molecular formula is C33H33N7O2. The van der Waals surface area contributed by atoms with Gasteiger partial charge in [-0.2, -0.15) is 0 Å². The number of para-hydroxylation sites is 1. The smallest absolute Gasteiger partial charge is 0.252 e. The molecule has 3 aromatic carbocycles. The maximum atomic E-state index is 12.8. The van der Waals surface area contributed by atoms with E-state index in [1.165, 1.54) is 22.0 Å². The highest BCUT2D eigenvalue weighted by molar-refractivity contribution is 6.01. The normalized spacial score (nSPS) is 14.6. The summed E-state index contributed by atoms with van der Waals surface area (Å²) in [5.74, 6) is 0.0165. The lowest BCUT2D eigenvalue weighted by atomic mass is 9.95. The molecule has 0 unspecified atom stereocenters. The number of hydrogen-bond acceptors (Lipinski definition) is 5. The number of imidazole rings is 1. The third kappa shape index (κ3) is 4.62. The van der Waals surface area contributed by atoms with Crippen LogP contribution in [0.1, 0.15) is 50.0 Å². The van der Waals surface area contributed by atoms with E-state index in [-0.39, 0.29) is 17.7 Å². The molecule has 1 aliphatic rings. The third-order valence-electron chi connectivity index (χ3n) is 8.15. The van der Waals surface area contributed by atoms with Gasteiger partial charge in [0.15, 0.2) is 0 Å². The van der Waals surface area contributed by atoms with Gasteiger partial charge in [0.05, 0.1) is 24.6 Å². The van der Waals surface area contributed by atoms with Crippen LogP contribution >= 0.6 is 0 Å². The van der Waals surface area contributed by atoms with E-state index < -0.39 is 0 Å². The topological polar surface area (TPSA) is 126 Å². The number of nitrogens with one attached hydrogen (secondary N) is 3. The van der Waals surface area contributed by atoms with Crippen molar-refractivity contribution in [1.82, 2.24) is 29.7 Å². The van der Waals surface area contributed by atoms with Crippen LogP contribution in [0, 0.1) is 0 Å². The molecule has 42 heavy (non-hydrogen) atoms. The number of phenolic OH excluding ortho intramolecular Hbond substituents is 1. The summed E-state index contributed by atoms with van der Waals surface area (Å²) in [4.78, 5) is 20.9. The van der Waals surface area contributed by atoms with Gasteiger partial charge >= 0.3 is 0 Å². The summed E-state index contributed by atoms with van der Waals surface area (Å²) in [6, 6.07) is 19.3. The van der Waals surface area contributed by atoms with Gasteiger partial charge in [0.1, 0.15) is 5.75 Å². The van der Waals surface area contributed by atoms with E-state index >= 15 is 0 Å². The van der Waals surface area contributed by atoms with Crippen LogP contribution in [-0.4, -0.2) is 36.7 Å². The van der Waals surface area contributed by atoms with E-state index in [1.807, 2.05) is 42.3 Å². The number of benzene rings is 3.